The number of urea groups is 1. The number of hydrogen-bond acceptors (Lipinski definition) is 4. The third kappa shape index (κ3) is 2.86. The van der Waals surface area contributed by atoms with Crippen LogP contribution in [0.1, 0.15) is 36.1 Å². The Labute approximate surface area is 157 Å². The number of aromatic nitrogens is 1. The number of piperidine rings is 1. The molecule has 5 rings (SSSR count). The van der Waals surface area contributed by atoms with Gasteiger partial charge in [0, 0.05) is 55.3 Å². The van der Waals surface area contributed by atoms with Crippen LogP contribution in [0.25, 0.3) is 0 Å². The highest BCUT2D eigenvalue weighted by Crippen LogP contribution is 2.38. The van der Waals surface area contributed by atoms with E-state index >= 15 is 0 Å². The van der Waals surface area contributed by atoms with E-state index in [1.807, 2.05) is 28.4 Å². The van der Waals surface area contributed by atoms with Gasteiger partial charge in [-0.25, -0.2) is 4.79 Å². The van der Waals surface area contributed by atoms with Crippen molar-refractivity contribution in [3.8, 4) is 5.75 Å². The van der Waals surface area contributed by atoms with Crippen LogP contribution in [0.2, 0.25) is 0 Å². The van der Waals surface area contributed by atoms with Crippen LogP contribution in [0.3, 0.4) is 0 Å². The maximum Gasteiger partial charge on any atom is 0.320 e. The van der Waals surface area contributed by atoms with Crippen LogP contribution in [0.4, 0.5) is 4.79 Å². The van der Waals surface area contributed by atoms with Crippen LogP contribution < -0.4 is 4.74 Å². The van der Waals surface area contributed by atoms with Gasteiger partial charge in [-0.2, -0.15) is 0 Å². The molecule has 5 heterocycles. The van der Waals surface area contributed by atoms with E-state index in [4.69, 9.17) is 4.74 Å². The molecule has 0 spiro atoms. The fourth-order valence-electron chi connectivity index (χ4n) is 4.72. The fraction of sp³-hybridized carbons (Fsp3) is 0.500. The molecule has 2 atom stereocenters. The minimum absolute atomic E-state index is 0.198. The van der Waals surface area contributed by atoms with E-state index < -0.39 is 0 Å². The Morgan fingerprint density at radius 2 is 1.92 bits per heavy atom. The molecule has 0 radical (unpaired) electrons. The van der Waals surface area contributed by atoms with Gasteiger partial charge < -0.3 is 14.5 Å². The van der Waals surface area contributed by atoms with E-state index in [1.54, 1.807) is 12.4 Å². The summed E-state index contributed by atoms with van der Waals surface area (Å²) < 4.78 is 6.16. The Balaban J connectivity index is 1.26. The van der Waals surface area contributed by atoms with Gasteiger partial charge in [0.05, 0.1) is 0 Å². The summed E-state index contributed by atoms with van der Waals surface area (Å²) in [5, 5.41) is 2.14. The molecule has 2 unspecified atom stereocenters. The van der Waals surface area contributed by atoms with Crippen molar-refractivity contribution in [2.45, 2.75) is 56.8 Å². The highest BCUT2D eigenvalue weighted by atomic mass is 32.1. The van der Waals surface area contributed by atoms with Crippen molar-refractivity contribution < 1.29 is 9.53 Å². The predicted octanol–water partition coefficient (Wildman–Crippen LogP) is 3.70. The molecule has 2 aromatic rings. The van der Waals surface area contributed by atoms with E-state index in [-0.39, 0.29) is 12.1 Å². The second kappa shape index (κ2) is 6.58. The SMILES string of the molecule is O=C(N1CCc2sccc2C1)N1C2CCC1CC(Oc1ccncc1)C2. The number of ether oxygens (including phenoxy) is 1. The number of amides is 2. The Morgan fingerprint density at radius 3 is 2.69 bits per heavy atom. The molecule has 26 heavy (non-hydrogen) atoms. The normalized spacial score (nSPS) is 27.3. The van der Waals surface area contributed by atoms with Gasteiger partial charge in [-0.1, -0.05) is 0 Å². The molecule has 0 aromatic carbocycles. The smallest absolute Gasteiger partial charge is 0.320 e. The summed E-state index contributed by atoms with van der Waals surface area (Å²) in [6.45, 7) is 1.61. The summed E-state index contributed by atoms with van der Waals surface area (Å²) in [5.41, 5.74) is 1.33. The summed E-state index contributed by atoms with van der Waals surface area (Å²) in [4.78, 5) is 22.9. The number of carbonyl (C=O) groups is 1. The number of pyridine rings is 1. The van der Waals surface area contributed by atoms with Crippen LogP contribution >= 0.6 is 11.3 Å². The topological polar surface area (TPSA) is 45.7 Å². The monoisotopic (exact) mass is 369 g/mol. The van der Waals surface area contributed by atoms with Crippen LogP contribution in [0.5, 0.6) is 5.75 Å². The molecular weight excluding hydrogens is 346 g/mol. The van der Waals surface area contributed by atoms with Crippen molar-refractivity contribution in [1.82, 2.24) is 14.8 Å². The summed E-state index contributed by atoms with van der Waals surface area (Å²) in [6.07, 6.45) is 8.78. The first kappa shape index (κ1) is 16.1. The highest BCUT2D eigenvalue weighted by Gasteiger charge is 2.45. The maximum atomic E-state index is 13.2. The van der Waals surface area contributed by atoms with Crippen molar-refractivity contribution >= 4 is 17.4 Å². The lowest BCUT2D eigenvalue weighted by Gasteiger charge is -2.42. The van der Waals surface area contributed by atoms with Gasteiger partial charge in [0.1, 0.15) is 11.9 Å². The molecule has 2 saturated heterocycles. The zero-order valence-corrected chi connectivity index (χ0v) is 15.5. The molecule has 0 saturated carbocycles. The molecule has 2 fully saturated rings. The molecule has 6 heteroatoms. The third-order valence-corrected chi connectivity index (χ3v) is 6.96. The number of rotatable bonds is 2. The van der Waals surface area contributed by atoms with Gasteiger partial charge in [0.25, 0.3) is 0 Å². The van der Waals surface area contributed by atoms with Crippen LogP contribution in [-0.4, -0.2) is 45.5 Å². The van der Waals surface area contributed by atoms with Gasteiger partial charge in [0.15, 0.2) is 0 Å². The molecule has 2 aromatic heterocycles. The Bertz CT molecular complexity index is 779. The highest BCUT2D eigenvalue weighted by molar-refractivity contribution is 7.10. The first-order chi connectivity index (χ1) is 12.8. The summed E-state index contributed by atoms with van der Waals surface area (Å²) in [7, 11) is 0. The quantitative estimate of drug-likeness (QED) is 0.811. The van der Waals surface area contributed by atoms with Gasteiger partial charge in [-0.15, -0.1) is 11.3 Å². The molecule has 136 valence electrons. The molecule has 0 N–H and O–H groups in total. The minimum atomic E-state index is 0.198. The van der Waals surface area contributed by atoms with E-state index in [0.717, 1.165) is 50.9 Å². The van der Waals surface area contributed by atoms with E-state index in [2.05, 4.69) is 21.3 Å². The molecule has 3 aliphatic rings. The number of carbonyl (C=O) groups excluding carboxylic acids is 1. The Morgan fingerprint density at radius 1 is 1.15 bits per heavy atom. The number of hydrogen-bond donors (Lipinski definition) is 0. The zero-order valence-electron chi connectivity index (χ0n) is 14.7. The Hall–Kier alpha value is -2.08. The molecule has 2 bridgehead atoms. The first-order valence-corrected chi connectivity index (χ1v) is 10.3. The second-order valence-electron chi connectivity index (χ2n) is 7.51. The predicted molar refractivity (Wildman–Crippen MR) is 100 cm³/mol. The van der Waals surface area contributed by atoms with Crippen LogP contribution in [-0.2, 0) is 13.0 Å². The van der Waals surface area contributed by atoms with Crippen molar-refractivity contribution in [3.05, 3.63) is 46.4 Å². The van der Waals surface area contributed by atoms with Crippen molar-refractivity contribution in [2.75, 3.05) is 6.54 Å². The van der Waals surface area contributed by atoms with Crippen molar-refractivity contribution in [1.29, 1.82) is 0 Å². The lowest BCUT2D eigenvalue weighted by atomic mass is 9.99. The maximum absolute atomic E-state index is 13.2. The fourth-order valence-corrected chi connectivity index (χ4v) is 5.61. The summed E-state index contributed by atoms with van der Waals surface area (Å²) in [5.74, 6) is 0.880. The van der Waals surface area contributed by atoms with E-state index in [0.29, 0.717) is 12.1 Å². The average molecular weight is 369 g/mol. The second-order valence-corrected chi connectivity index (χ2v) is 8.51. The lowest BCUT2D eigenvalue weighted by Crippen LogP contribution is -2.54. The molecule has 3 aliphatic heterocycles. The lowest BCUT2D eigenvalue weighted by molar-refractivity contribution is 0.0532. The summed E-state index contributed by atoms with van der Waals surface area (Å²) in [6, 6.07) is 6.85. The van der Waals surface area contributed by atoms with Crippen molar-refractivity contribution in [2.24, 2.45) is 0 Å². The number of fused-ring (bicyclic) bond motifs is 3. The molecular formula is C20H23N3O2S. The van der Waals surface area contributed by atoms with Gasteiger partial charge in [-0.3, -0.25) is 4.98 Å². The molecule has 5 nitrogen and oxygen atoms in total. The Kier molecular flexibility index (Phi) is 4.08. The van der Waals surface area contributed by atoms with Gasteiger partial charge in [-0.05, 0) is 48.4 Å². The van der Waals surface area contributed by atoms with E-state index in [9.17, 15) is 4.79 Å². The zero-order chi connectivity index (χ0) is 17.5. The number of thiophene rings is 1. The summed E-state index contributed by atoms with van der Waals surface area (Å²) >= 11 is 1.82. The van der Waals surface area contributed by atoms with Gasteiger partial charge >= 0.3 is 6.03 Å². The van der Waals surface area contributed by atoms with E-state index in [1.165, 1.54) is 10.4 Å². The van der Waals surface area contributed by atoms with Gasteiger partial charge in [0.2, 0.25) is 0 Å². The standard InChI is InChI=1S/C20H23N3O2S/c24-20(22-9-5-19-14(13-22)6-10-26-19)23-15-1-2-16(23)12-18(11-15)25-17-3-7-21-8-4-17/h3-4,6-8,10,15-16,18H,1-2,5,9,11-13H2. The van der Waals surface area contributed by atoms with Crippen molar-refractivity contribution in [3.63, 3.8) is 0 Å². The average Bonchev–Trinajstić information content (AvgIpc) is 3.24. The number of nitrogens with zero attached hydrogens (tertiary/aromatic N) is 3. The minimum Gasteiger partial charge on any atom is -0.490 e. The first-order valence-electron chi connectivity index (χ1n) is 9.47. The molecule has 0 aliphatic carbocycles. The molecule has 2 amide bonds. The van der Waals surface area contributed by atoms with Crippen LogP contribution in [0.15, 0.2) is 36.0 Å². The van der Waals surface area contributed by atoms with Crippen LogP contribution in [0, 0.1) is 0 Å². The largest absolute Gasteiger partial charge is 0.490 e. The third-order valence-electron chi connectivity index (χ3n) is 5.94.